The Hall–Kier alpha value is -0.843. The molecule has 0 bridgehead atoms. The van der Waals surface area contributed by atoms with E-state index < -0.39 is 8.32 Å². The summed E-state index contributed by atoms with van der Waals surface area (Å²) in [4.78, 5) is 2.67. The van der Waals surface area contributed by atoms with Gasteiger partial charge in [-0.25, -0.2) is 0 Å². The van der Waals surface area contributed by atoms with Crippen molar-refractivity contribution in [2.45, 2.75) is 103 Å². The second kappa shape index (κ2) is 6.60. The van der Waals surface area contributed by atoms with Crippen molar-refractivity contribution in [2.75, 3.05) is 11.4 Å². The van der Waals surface area contributed by atoms with Gasteiger partial charge in [-0.2, -0.15) is 5.06 Å². The Morgan fingerprint density at radius 2 is 1.56 bits per heavy atom. The number of hydroxylamine groups is 2. The number of anilines is 1. The average molecular weight is 389 g/mol. The summed E-state index contributed by atoms with van der Waals surface area (Å²) in [5.41, 5.74) is 2.99. The normalized spacial score (nSPS) is 23.5. The Balaban J connectivity index is 1.85. The van der Waals surface area contributed by atoms with Gasteiger partial charge in [0.25, 0.3) is 0 Å². The van der Waals surface area contributed by atoms with Crippen LogP contribution < -0.4 is 4.90 Å². The third kappa shape index (κ3) is 3.85. The standard InChI is InChI=1S/C23H40N2OSi/c1-21(2,3)27(8,9)26-25-22(4,5)16-19(17-23(25,6)7)24-15-14-18-12-10-11-13-20(18)24/h10-13,19H,14-17H2,1-9H3. The lowest BCUT2D eigenvalue weighted by atomic mass is 9.78. The summed E-state index contributed by atoms with van der Waals surface area (Å²) in [6, 6.07) is 9.52. The first-order valence-electron chi connectivity index (χ1n) is 10.6. The lowest BCUT2D eigenvalue weighted by Crippen LogP contribution is -2.67. The van der Waals surface area contributed by atoms with Gasteiger partial charge in [-0.1, -0.05) is 39.0 Å². The minimum atomic E-state index is -1.87. The van der Waals surface area contributed by atoms with Crippen LogP contribution >= 0.6 is 0 Å². The van der Waals surface area contributed by atoms with Crippen LogP contribution in [-0.4, -0.2) is 37.0 Å². The molecule has 0 spiro atoms. The highest BCUT2D eigenvalue weighted by Gasteiger charge is 2.52. The fraction of sp³-hybridized carbons (Fsp3) is 0.739. The van der Waals surface area contributed by atoms with E-state index in [0.29, 0.717) is 6.04 Å². The molecule has 0 saturated carbocycles. The van der Waals surface area contributed by atoms with Crippen LogP contribution in [-0.2, 0) is 10.9 Å². The quantitative estimate of drug-likeness (QED) is 0.590. The number of fused-ring (bicyclic) bond motifs is 1. The van der Waals surface area contributed by atoms with Crippen molar-refractivity contribution >= 4 is 14.0 Å². The molecule has 1 aromatic carbocycles. The lowest BCUT2D eigenvalue weighted by molar-refractivity contribution is -0.229. The van der Waals surface area contributed by atoms with Gasteiger partial charge < -0.3 is 9.43 Å². The molecule has 1 aromatic rings. The Kier molecular flexibility index (Phi) is 5.11. The third-order valence-electron chi connectivity index (χ3n) is 7.06. The molecule has 1 saturated heterocycles. The number of nitrogens with zero attached hydrogens (tertiary/aromatic N) is 2. The SMILES string of the molecule is CC1(C)CC(N2CCc3ccccc32)CC(C)(C)N1O[Si](C)(C)C(C)(C)C. The maximum Gasteiger partial charge on any atom is 0.220 e. The van der Waals surface area contributed by atoms with Crippen molar-refractivity contribution in [1.29, 1.82) is 0 Å². The monoisotopic (exact) mass is 388 g/mol. The van der Waals surface area contributed by atoms with Crippen LogP contribution in [0.4, 0.5) is 5.69 Å². The largest absolute Gasteiger partial charge is 0.368 e. The lowest BCUT2D eigenvalue weighted by Gasteiger charge is -2.58. The number of hydrogen-bond acceptors (Lipinski definition) is 3. The van der Waals surface area contributed by atoms with E-state index in [-0.39, 0.29) is 16.1 Å². The summed E-state index contributed by atoms with van der Waals surface area (Å²) in [6.07, 6.45) is 3.45. The minimum absolute atomic E-state index is 0.0134. The number of para-hydroxylation sites is 1. The Morgan fingerprint density at radius 3 is 2.11 bits per heavy atom. The van der Waals surface area contributed by atoms with Gasteiger partial charge in [-0.05, 0) is 76.7 Å². The molecule has 2 aliphatic rings. The summed E-state index contributed by atoms with van der Waals surface area (Å²) in [5, 5.41) is 2.60. The molecule has 4 heteroatoms. The van der Waals surface area contributed by atoms with Gasteiger partial charge in [0.05, 0.1) is 0 Å². The first kappa shape index (κ1) is 20.9. The molecule has 3 nitrogen and oxygen atoms in total. The van der Waals surface area contributed by atoms with Crippen molar-refractivity contribution in [1.82, 2.24) is 5.06 Å². The third-order valence-corrected chi connectivity index (χ3v) is 11.3. The molecule has 0 aliphatic carbocycles. The molecule has 0 unspecified atom stereocenters. The molecule has 0 N–H and O–H groups in total. The van der Waals surface area contributed by atoms with Crippen molar-refractivity contribution in [3.05, 3.63) is 29.8 Å². The van der Waals surface area contributed by atoms with E-state index >= 15 is 0 Å². The van der Waals surface area contributed by atoms with E-state index in [0.717, 1.165) is 19.4 Å². The van der Waals surface area contributed by atoms with Crippen LogP contribution in [0.3, 0.4) is 0 Å². The van der Waals surface area contributed by atoms with Gasteiger partial charge in [-0.15, -0.1) is 0 Å². The topological polar surface area (TPSA) is 15.7 Å². The number of piperidine rings is 1. The fourth-order valence-electron chi connectivity index (χ4n) is 4.79. The van der Waals surface area contributed by atoms with E-state index in [9.17, 15) is 0 Å². The van der Waals surface area contributed by atoms with Crippen LogP contribution in [0, 0.1) is 0 Å². The van der Waals surface area contributed by atoms with Gasteiger partial charge in [0, 0.05) is 29.4 Å². The Morgan fingerprint density at radius 1 is 1.00 bits per heavy atom. The Labute approximate surface area is 168 Å². The van der Waals surface area contributed by atoms with Crippen LogP contribution in [0.1, 0.15) is 66.9 Å². The van der Waals surface area contributed by atoms with Crippen LogP contribution in [0.15, 0.2) is 24.3 Å². The highest BCUT2D eigenvalue weighted by atomic mass is 28.4. The second-order valence-corrected chi connectivity index (χ2v) is 16.1. The molecule has 0 atom stereocenters. The molecule has 2 heterocycles. The van der Waals surface area contributed by atoms with Crippen LogP contribution in [0.25, 0.3) is 0 Å². The maximum atomic E-state index is 6.91. The summed E-state index contributed by atoms with van der Waals surface area (Å²) >= 11 is 0. The number of rotatable bonds is 3. The van der Waals surface area contributed by atoms with Crippen molar-refractivity contribution < 1.29 is 4.53 Å². The molecule has 0 radical (unpaired) electrons. The van der Waals surface area contributed by atoms with Crippen molar-refractivity contribution in [2.24, 2.45) is 0 Å². The van der Waals surface area contributed by atoms with Crippen molar-refractivity contribution in [3.8, 4) is 0 Å². The predicted octanol–water partition coefficient (Wildman–Crippen LogP) is 6.01. The van der Waals surface area contributed by atoms with E-state index in [4.69, 9.17) is 4.53 Å². The van der Waals surface area contributed by atoms with E-state index in [1.165, 1.54) is 17.7 Å². The van der Waals surface area contributed by atoms with E-state index in [1.807, 2.05) is 0 Å². The average Bonchev–Trinajstić information content (AvgIpc) is 2.93. The molecule has 1 fully saturated rings. The van der Waals surface area contributed by atoms with Gasteiger partial charge in [0.1, 0.15) is 0 Å². The molecule has 0 amide bonds. The molecule has 27 heavy (non-hydrogen) atoms. The zero-order valence-electron chi connectivity index (χ0n) is 19.0. The fourth-order valence-corrected chi connectivity index (χ4v) is 6.01. The molecule has 2 aliphatic heterocycles. The molecule has 3 rings (SSSR count). The summed E-state index contributed by atoms with van der Waals surface area (Å²) < 4.78 is 6.91. The van der Waals surface area contributed by atoms with E-state index in [2.05, 4.69) is 95.8 Å². The summed E-state index contributed by atoms with van der Waals surface area (Å²) in [5.74, 6) is 0. The minimum Gasteiger partial charge on any atom is -0.368 e. The van der Waals surface area contributed by atoms with Gasteiger partial charge in [0.15, 0.2) is 0 Å². The maximum absolute atomic E-state index is 6.91. The summed E-state index contributed by atoms with van der Waals surface area (Å²) in [6.45, 7) is 22.3. The van der Waals surface area contributed by atoms with Crippen molar-refractivity contribution in [3.63, 3.8) is 0 Å². The smallest absolute Gasteiger partial charge is 0.220 e. The molecular weight excluding hydrogens is 348 g/mol. The Bertz CT molecular complexity index is 672. The zero-order valence-corrected chi connectivity index (χ0v) is 20.0. The van der Waals surface area contributed by atoms with E-state index in [1.54, 1.807) is 0 Å². The van der Waals surface area contributed by atoms with Crippen LogP contribution in [0.2, 0.25) is 18.1 Å². The highest BCUT2D eigenvalue weighted by molar-refractivity contribution is 6.74. The number of benzene rings is 1. The second-order valence-electron chi connectivity index (χ2n) is 11.4. The molecular formula is C23H40N2OSi. The zero-order chi connectivity index (χ0) is 20.3. The van der Waals surface area contributed by atoms with Gasteiger partial charge in [-0.3, -0.25) is 0 Å². The number of hydrogen-bond donors (Lipinski definition) is 0. The van der Waals surface area contributed by atoms with Gasteiger partial charge in [0.2, 0.25) is 8.32 Å². The van der Waals surface area contributed by atoms with Gasteiger partial charge >= 0.3 is 0 Å². The summed E-state index contributed by atoms with van der Waals surface area (Å²) in [7, 11) is -1.87. The first-order valence-corrected chi connectivity index (χ1v) is 13.5. The highest BCUT2D eigenvalue weighted by Crippen LogP contribution is 2.46. The first-order chi connectivity index (χ1) is 12.2. The molecule has 152 valence electrons. The molecule has 0 aromatic heterocycles. The van der Waals surface area contributed by atoms with Crippen LogP contribution in [0.5, 0.6) is 0 Å². The predicted molar refractivity (Wildman–Crippen MR) is 119 cm³/mol.